The number of hydrogen-bond acceptors (Lipinski definition) is 5. The number of ether oxygens (including phenoxy) is 2. The second-order valence-corrected chi connectivity index (χ2v) is 9.62. The number of carbonyl (C=O) groups excluding carboxylic acids is 1. The Kier molecular flexibility index (Phi) is 6.81. The Labute approximate surface area is 185 Å². The Morgan fingerprint density at radius 2 is 1.74 bits per heavy atom. The predicted molar refractivity (Wildman–Crippen MR) is 114 cm³/mol. The Bertz CT molecular complexity index is 953. The molecule has 0 unspecified atom stereocenters. The first-order chi connectivity index (χ1) is 14.5. The van der Waals surface area contributed by atoms with Crippen molar-refractivity contribution >= 4 is 17.9 Å². The first-order valence-electron chi connectivity index (χ1n) is 10.0. The minimum Gasteiger partial charge on any atom is -0.497 e. The van der Waals surface area contributed by atoms with E-state index in [1.807, 2.05) is 0 Å². The lowest BCUT2D eigenvalue weighted by Crippen LogP contribution is -2.47. The van der Waals surface area contributed by atoms with Gasteiger partial charge in [0.1, 0.15) is 23.0 Å². The Morgan fingerprint density at radius 1 is 1.10 bits per heavy atom. The van der Waals surface area contributed by atoms with E-state index >= 15 is 0 Å². The van der Waals surface area contributed by atoms with E-state index in [-0.39, 0.29) is 25.9 Å². The molecule has 31 heavy (non-hydrogen) atoms. The number of carbonyl (C=O) groups is 1. The maximum atomic E-state index is 14.5. The van der Waals surface area contributed by atoms with Gasteiger partial charge in [-0.1, -0.05) is 11.8 Å². The summed E-state index contributed by atoms with van der Waals surface area (Å²) >= 11 is 1.11. The van der Waals surface area contributed by atoms with Crippen LogP contribution in [0.2, 0.25) is 0 Å². The maximum Gasteiger partial charge on any atom is 0.410 e. The number of benzene rings is 2. The molecule has 2 aromatic rings. The molecule has 1 saturated heterocycles. The number of piperidine rings is 1. The Hall–Kier alpha value is -2.32. The van der Waals surface area contributed by atoms with Crippen LogP contribution in [0.15, 0.2) is 46.2 Å². The normalized spacial score (nSPS) is 16.2. The number of rotatable bonds is 4. The van der Waals surface area contributed by atoms with Crippen LogP contribution in [0.5, 0.6) is 5.75 Å². The van der Waals surface area contributed by atoms with E-state index in [0.717, 1.165) is 11.8 Å². The molecule has 0 bridgehead atoms. The molecule has 0 saturated carbocycles. The third-order valence-electron chi connectivity index (χ3n) is 5.04. The lowest BCUT2D eigenvalue weighted by Gasteiger charge is -2.39. The van der Waals surface area contributed by atoms with Gasteiger partial charge in [0.05, 0.1) is 12.7 Å². The van der Waals surface area contributed by atoms with Crippen LogP contribution < -0.4 is 4.74 Å². The largest absolute Gasteiger partial charge is 0.497 e. The number of methoxy groups -OCH3 is 1. The lowest BCUT2D eigenvalue weighted by atomic mass is 9.84. The van der Waals surface area contributed by atoms with Gasteiger partial charge >= 0.3 is 6.09 Å². The summed E-state index contributed by atoms with van der Waals surface area (Å²) in [7, 11) is 1.46. The summed E-state index contributed by atoms with van der Waals surface area (Å²) in [5, 5.41) is 11.3. The van der Waals surface area contributed by atoms with E-state index in [1.165, 1.54) is 36.3 Å². The van der Waals surface area contributed by atoms with E-state index in [2.05, 4.69) is 0 Å². The van der Waals surface area contributed by atoms with E-state index in [0.29, 0.717) is 21.1 Å². The second kappa shape index (κ2) is 9.04. The summed E-state index contributed by atoms with van der Waals surface area (Å²) in [4.78, 5) is 14.7. The molecule has 8 heteroatoms. The zero-order valence-electron chi connectivity index (χ0n) is 18.1. The fourth-order valence-corrected chi connectivity index (χ4v) is 4.44. The SMILES string of the molecule is COc1ccc(Sc2ccc(F)cc2C2(O)CCN(C(=O)OC(C)(C)C)CC2)c(F)c1. The smallest absolute Gasteiger partial charge is 0.410 e. The molecule has 1 aliphatic heterocycles. The average molecular weight is 452 g/mol. The number of likely N-dealkylation sites (tertiary alicyclic amines) is 1. The molecule has 0 aliphatic carbocycles. The van der Waals surface area contributed by atoms with Crippen LogP contribution in [0, 0.1) is 11.6 Å². The monoisotopic (exact) mass is 451 g/mol. The number of hydrogen-bond donors (Lipinski definition) is 1. The van der Waals surface area contributed by atoms with Gasteiger partial charge in [-0.25, -0.2) is 13.6 Å². The number of nitrogens with zero attached hydrogens (tertiary/aromatic N) is 1. The van der Waals surface area contributed by atoms with Crippen molar-refractivity contribution in [3.63, 3.8) is 0 Å². The van der Waals surface area contributed by atoms with Crippen molar-refractivity contribution in [3.8, 4) is 5.75 Å². The molecule has 1 heterocycles. The topological polar surface area (TPSA) is 59.0 Å². The van der Waals surface area contributed by atoms with Gasteiger partial charge in [-0.15, -0.1) is 0 Å². The second-order valence-electron chi connectivity index (χ2n) is 8.54. The molecule has 1 fully saturated rings. The zero-order valence-corrected chi connectivity index (χ0v) is 18.9. The molecule has 0 aromatic heterocycles. The van der Waals surface area contributed by atoms with Gasteiger partial charge in [0, 0.05) is 34.5 Å². The molecule has 168 valence electrons. The summed E-state index contributed by atoms with van der Waals surface area (Å²) in [6, 6.07) is 8.61. The van der Waals surface area contributed by atoms with E-state index < -0.39 is 28.9 Å². The van der Waals surface area contributed by atoms with E-state index in [1.54, 1.807) is 32.9 Å². The zero-order chi connectivity index (χ0) is 22.8. The van der Waals surface area contributed by atoms with Crippen LogP contribution in [0.1, 0.15) is 39.2 Å². The third kappa shape index (κ3) is 5.68. The van der Waals surface area contributed by atoms with Crippen molar-refractivity contribution in [2.75, 3.05) is 20.2 Å². The van der Waals surface area contributed by atoms with Gasteiger partial charge in [-0.2, -0.15) is 0 Å². The highest BCUT2D eigenvalue weighted by Crippen LogP contribution is 2.42. The molecule has 2 aromatic carbocycles. The lowest BCUT2D eigenvalue weighted by molar-refractivity contribution is -0.0373. The molecule has 1 aliphatic rings. The third-order valence-corrected chi connectivity index (χ3v) is 6.17. The van der Waals surface area contributed by atoms with Crippen molar-refractivity contribution in [1.82, 2.24) is 4.90 Å². The highest BCUT2D eigenvalue weighted by molar-refractivity contribution is 7.99. The molecular formula is C23H27F2NO4S. The predicted octanol–water partition coefficient (Wildman–Crippen LogP) is 5.34. The van der Waals surface area contributed by atoms with Crippen LogP contribution in [0.4, 0.5) is 13.6 Å². The fraction of sp³-hybridized carbons (Fsp3) is 0.435. The molecule has 1 N–H and O–H groups in total. The molecule has 0 radical (unpaired) electrons. The summed E-state index contributed by atoms with van der Waals surface area (Å²) in [6.07, 6.45) is -0.00779. The van der Waals surface area contributed by atoms with Gasteiger partial charge in [-0.05, 0) is 63.9 Å². The summed E-state index contributed by atoms with van der Waals surface area (Å²) < 4.78 is 39.0. The number of amides is 1. The maximum absolute atomic E-state index is 14.5. The highest BCUT2D eigenvalue weighted by Gasteiger charge is 2.38. The first kappa shape index (κ1) is 23.3. The van der Waals surface area contributed by atoms with Crippen molar-refractivity contribution in [3.05, 3.63) is 53.6 Å². The first-order valence-corrected chi connectivity index (χ1v) is 10.8. The molecule has 5 nitrogen and oxygen atoms in total. The molecule has 3 rings (SSSR count). The molecule has 0 spiro atoms. The van der Waals surface area contributed by atoms with Crippen LogP contribution in [-0.2, 0) is 10.3 Å². The van der Waals surface area contributed by atoms with E-state index in [9.17, 15) is 18.7 Å². The van der Waals surface area contributed by atoms with Gasteiger partial charge < -0.3 is 19.5 Å². The average Bonchev–Trinajstić information content (AvgIpc) is 2.69. The van der Waals surface area contributed by atoms with Gasteiger partial charge in [-0.3, -0.25) is 0 Å². The molecule has 0 atom stereocenters. The Morgan fingerprint density at radius 3 is 2.32 bits per heavy atom. The quantitative estimate of drug-likeness (QED) is 0.680. The van der Waals surface area contributed by atoms with E-state index in [4.69, 9.17) is 9.47 Å². The summed E-state index contributed by atoms with van der Waals surface area (Å²) in [5.74, 6) is -0.557. The van der Waals surface area contributed by atoms with Gasteiger partial charge in [0.2, 0.25) is 0 Å². The van der Waals surface area contributed by atoms with Gasteiger partial charge in [0.25, 0.3) is 0 Å². The van der Waals surface area contributed by atoms with Gasteiger partial charge in [0.15, 0.2) is 0 Å². The van der Waals surface area contributed by atoms with Crippen LogP contribution in [0.3, 0.4) is 0 Å². The van der Waals surface area contributed by atoms with Crippen LogP contribution in [-0.4, -0.2) is 41.9 Å². The Balaban J connectivity index is 1.81. The molecular weight excluding hydrogens is 424 g/mol. The van der Waals surface area contributed by atoms with Crippen molar-refractivity contribution in [2.24, 2.45) is 0 Å². The minimum atomic E-state index is -1.34. The highest BCUT2D eigenvalue weighted by atomic mass is 32.2. The molecule has 1 amide bonds. The van der Waals surface area contributed by atoms with Crippen molar-refractivity contribution < 1.29 is 28.2 Å². The summed E-state index contributed by atoms with van der Waals surface area (Å²) in [5.41, 5.74) is -1.57. The standard InChI is InChI=1S/C23H27F2NO4S/c1-22(2,3)30-21(27)26-11-9-23(28,10-12-26)17-13-15(24)5-7-19(17)31-20-8-6-16(29-4)14-18(20)25/h5-8,13-14,28H,9-12H2,1-4H3. The minimum absolute atomic E-state index is 0.217. The number of aliphatic hydroxyl groups is 1. The van der Waals surface area contributed by atoms with Crippen molar-refractivity contribution in [2.45, 2.75) is 54.6 Å². The van der Waals surface area contributed by atoms with Crippen LogP contribution in [0.25, 0.3) is 0 Å². The number of halogens is 2. The van der Waals surface area contributed by atoms with Crippen LogP contribution >= 0.6 is 11.8 Å². The van der Waals surface area contributed by atoms with Crippen molar-refractivity contribution in [1.29, 1.82) is 0 Å². The fourth-order valence-electron chi connectivity index (χ4n) is 3.42. The summed E-state index contributed by atoms with van der Waals surface area (Å²) in [6.45, 7) is 5.91.